The van der Waals surface area contributed by atoms with Gasteiger partial charge in [0.15, 0.2) is 0 Å². The number of rotatable bonds is 1. The highest BCUT2D eigenvalue weighted by molar-refractivity contribution is 5.74. The third kappa shape index (κ3) is 1.14. The molecule has 3 heteroatoms. The average molecular weight is 143 g/mol. The number of carboxylic acids is 1. The zero-order valence-corrected chi connectivity index (χ0v) is 6.22. The summed E-state index contributed by atoms with van der Waals surface area (Å²) in [5, 5.41) is 10.5. The molecule has 1 saturated carbocycles. The number of quaternary nitrogens is 1. The van der Waals surface area contributed by atoms with Crippen LogP contribution in [0.1, 0.15) is 26.2 Å². The van der Waals surface area contributed by atoms with Crippen molar-refractivity contribution in [3.05, 3.63) is 0 Å². The first-order chi connectivity index (χ1) is 4.54. The van der Waals surface area contributed by atoms with E-state index in [2.05, 4.69) is 12.7 Å². The van der Waals surface area contributed by atoms with Crippen molar-refractivity contribution in [2.24, 2.45) is 5.92 Å². The molecule has 0 radical (unpaired) electrons. The van der Waals surface area contributed by atoms with Crippen LogP contribution >= 0.6 is 0 Å². The molecular formula is C7H13NO2. The molecule has 3 nitrogen and oxygen atoms in total. The summed E-state index contributed by atoms with van der Waals surface area (Å²) < 4.78 is 0. The molecule has 1 aliphatic rings. The molecule has 0 aliphatic heterocycles. The molecule has 1 aliphatic carbocycles. The molecule has 1 rings (SSSR count). The van der Waals surface area contributed by atoms with Crippen LogP contribution in [0.2, 0.25) is 0 Å². The van der Waals surface area contributed by atoms with Crippen molar-refractivity contribution in [1.82, 2.24) is 0 Å². The minimum atomic E-state index is -0.989. The first-order valence-corrected chi connectivity index (χ1v) is 3.61. The summed E-state index contributed by atoms with van der Waals surface area (Å²) in [7, 11) is 0. The fraction of sp³-hybridized carbons (Fsp3) is 0.857. The van der Waals surface area contributed by atoms with Gasteiger partial charge in [0.25, 0.3) is 0 Å². The van der Waals surface area contributed by atoms with Crippen LogP contribution < -0.4 is 10.8 Å². The molecule has 0 aromatic rings. The predicted molar refractivity (Wildman–Crippen MR) is 33.6 cm³/mol. The Balaban J connectivity index is 2.63. The quantitative estimate of drug-likeness (QED) is 0.487. The van der Waals surface area contributed by atoms with Crippen LogP contribution in [0.15, 0.2) is 0 Å². The Labute approximate surface area is 60.2 Å². The molecular weight excluding hydrogens is 130 g/mol. The van der Waals surface area contributed by atoms with Gasteiger partial charge in [-0.05, 0) is 12.3 Å². The Bertz CT molecular complexity index is 158. The zero-order valence-electron chi connectivity index (χ0n) is 6.22. The summed E-state index contributed by atoms with van der Waals surface area (Å²) in [5.41, 5.74) is 2.88. The van der Waals surface area contributed by atoms with Gasteiger partial charge in [0, 0.05) is 12.8 Å². The Hall–Kier alpha value is -0.570. The fourth-order valence-electron chi connectivity index (χ4n) is 1.58. The van der Waals surface area contributed by atoms with Crippen LogP contribution in [0.5, 0.6) is 0 Å². The van der Waals surface area contributed by atoms with Gasteiger partial charge in [-0.3, -0.25) is 0 Å². The van der Waals surface area contributed by atoms with Crippen LogP contribution in [0.3, 0.4) is 0 Å². The summed E-state index contributed by atoms with van der Waals surface area (Å²) in [5.74, 6) is -0.493. The smallest absolute Gasteiger partial charge is 0.135 e. The highest BCUT2D eigenvalue weighted by atomic mass is 16.4. The topological polar surface area (TPSA) is 67.8 Å². The van der Waals surface area contributed by atoms with Gasteiger partial charge in [-0.2, -0.15) is 0 Å². The Morgan fingerprint density at radius 1 is 1.80 bits per heavy atom. The maximum Gasteiger partial charge on any atom is 0.135 e. The third-order valence-corrected chi connectivity index (χ3v) is 2.29. The second kappa shape index (κ2) is 2.23. The largest absolute Gasteiger partial charge is 0.544 e. The van der Waals surface area contributed by atoms with Gasteiger partial charge in [-0.25, -0.2) is 0 Å². The second-order valence-corrected chi connectivity index (χ2v) is 3.42. The van der Waals surface area contributed by atoms with Crippen molar-refractivity contribution in [1.29, 1.82) is 0 Å². The molecule has 3 N–H and O–H groups in total. The van der Waals surface area contributed by atoms with E-state index in [0.29, 0.717) is 18.8 Å². The highest BCUT2D eigenvalue weighted by Crippen LogP contribution is 2.30. The van der Waals surface area contributed by atoms with Crippen LogP contribution in [-0.2, 0) is 4.79 Å². The minimum Gasteiger partial charge on any atom is -0.544 e. The monoisotopic (exact) mass is 143 g/mol. The average Bonchev–Trinajstić information content (AvgIpc) is 2.13. The van der Waals surface area contributed by atoms with Crippen LogP contribution in [0.4, 0.5) is 0 Å². The SMILES string of the molecule is CC1CCC([NH3+])(C(=O)[O-])C1. The summed E-state index contributed by atoms with van der Waals surface area (Å²) in [6, 6.07) is 0. The standard InChI is InChI=1S/C7H13NO2/c1-5-2-3-7(8,4-5)6(9)10/h5H,2-4,8H2,1H3,(H,9,10). The molecule has 0 aromatic heterocycles. The van der Waals surface area contributed by atoms with Crippen molar-refractivity contribution in [2.75, 3.05) is 0 Å². The normalized spacial score (nSPS) is 40.0. The number of carboxylic acid groups (broad SMARTS) is 1. The lowest BCUT2D eigenvalue weighted by molar-refractivity contribution is -0.484. The van der Waals surface area contributed by atoms with E-state index in [1.54, 1.807) is 0 Å². The Morgan fingerprint density at radius 3 is 2.60 bits per heavy atom. The van der Waals surface area contributed by atoms with E-state index >= 15 is 0 Å². The van der Waals surface area contributed by atoms with Gasteiger partial charge in [-0.1, -0.05) is 6.92 Å². The lowest BCUT2D eigenvalue weighted by Crippen LogP contribution is -2.78. The van der Waals surface area contributed by atoms with E-state index in [0.717, 1.165) is 6.42 Å². The summed E-state index contributed by atoms with van der Waals surface area (Å²) in [6.07, 6.45) is 2.32. The molecule has 0 saturated heterocycles. The number of aliphatic carboxylic acids is 1. The number of hydrogen-bond acceptors (Lipinski definition) is 2. The number of carbonyl (C=O) groups excluding carboxylic acids is 1. The van der Waals surface area contributed by atoms with Crippen molar-refractivity contribution in [3.63, 3.8) is 0 Å². The van der Waals surface area contributed by atoms with Crippen molar-refractivity contribution < 1.29 is 15.6 Å². The van der Waals surface area contributed by atoms with Gasteiger partial charge in [0.1, 0.15) is 11.5 Å². The van der Waals surface area contributed by atoms with Crippen LogP contribution in [0, 0.1) is 5.92 Å². The molecule has 1 fully saturated rings. The lowest BCUT2D eigenvalue weighted by atomic mass is 9.98. The Kier molecular flexibility index (Phi) is 1.68. The molecule has 0 aromatic carbocycles. The number of hydrogen-bond donors (Lipinski definition) is 1. The third-order valence-electron chi connectivity index (χ3n) is 2.29. The van der Waals surface area contributed by atoms with E-state index < -0.39 is 11.5 Å². The van der Waals surface area contributed by atoms with E-state index in [4.69, 9.17) is 0 Å². The minimum absolute atomic E-state index is 0.496. The molecule has 0 bridgehead atoms. The van der Waals surface area contributed by atoms with Gasteiger partial charge in [-0.15, -0.1) is 0 Å². The maximum absolute atomic E-state index is 10.5. The van der Waals surface area contributed by atoms with Gasteiger partial charge < -0.3 is 15.6 Å². The molecule has 0 amide bonds. The van der Waals surface area contributed by atoms with Crippen molar-refractivity contribution in [2.45, 2.75) is 31.7 Å². The van der Waals surface area contributed by atoms with E-state index in [1.165, 1.54) is 0 Å². The molecule has 2 atom stereocenters. The van der Waals surface area contributed by atoms with Gasteiger partial charge in [0.2, 0.25) is 0 Å². The summed E-state index contributed by atoms with van der Waals surface area (Å²) in [6.45, 7) is 2.05. The summed E-state index contributed by atoms with van der Waals surface area (Å²) in [4.78, 5) is 10.5. The van der Waals surface area contributed by atoms with Crippen LogP contribution in [0.25, 0.3) is 0 Å². The highest BCUT2D eigenvalue weighted by Gasteiger charge is 2.38. The second-order valence-electron chi connectivity index (χ2n) is 3.42. The molecule has 0 spiro atoms. The van der Waals surface area contributed by atoms with Crippen molar-refractivity contribution in [3.8, 4) is 0 Å². The first-order valence-electron chi connectivity index (χ1n) is 3.61. The molecule has 58 valence electrons. The first kappa shape index (κ1) is 7.54. The molecule has 2 unspecified atom stereocenters. The van der Waals surface area contributed by atoms with Gasteiger partial charge >= 0.3 is 0 Å². The van der Waals surface area contributed by atoms with E-state index in [1.807, 2.05) is 0 Å². The molecule has 10 heavy (non-hydrogen) atoms. The number of carbonyl (C=O) groups is 1. The predicted octanol–water partition coefficient (Wildman–Crippen LogP) is -1.46. The van der Waals surface area contributed by atoms with Crippen LogP contribution in [-0.4, -0.2) is 11.5 Å². The van der Waals surface area contributed by atoms with Crippen molar-refractivity contribution >= 4 is 5.97 Å². The van der Waals surface area contributed by atoms with E-state index in [-0.39, 0.29) is 0 Å². The lowest BCUT2D eigenvalue weighted by Gasteiger charge is -2.20. The van der Waals surface area contributed by atoms with E-state index in [9.17, 15) is 9.90 Å². The molecule has 0 heterocycles. The Morgan fingerprint density at radius 2 is 2.40 bits per heavy atom. The maximum atomic E-state index is 10.5. The fourth-order valence-corrected chi connectivity index (χ4v) is 1.58. The van der Waals surface area contributed by atoms with Gasteiger partial charge in [0.05, 0.1) is 0 Å². The zero-order chi connectivity index (χ0) is 7.78. The summed E-state index contributed by atoms with van der Waals surface area (Å²) >= 11 is 0.